The topological polar surface area (TPSA) is 169 Å². The van der Waals surface area contributed by atoms with Gasteiger partial charge in [-0.3, -0.25) is 14.5 Å². The number of carboxylic acids is 1. The van der Waals surface area contributed by atoms with Crippen LogP contribution in [0.1, 0.15) is 30.7 Å². The molecule has 3 atom stereocenters. The Bertz CT molecular complexity index is 1140. The number of thioether (sulfide) groups is 2. The van der Waals surface area contributed by atoms with E-state index in [-0.39, 0.29) is 5.70 Å². The van der Waals surface area contributed by atoms with Crippen molar-refractivity contribution in [3.8, 4) is 0 Å². The number of thiophene rings is 1. The molecule has 4 heterocycles. The highest BCUT2D eigenvalue weighted by Crippen LogP contribution is 2.41. The summed E-state index contributed by atoms with van der Waals surface area (Å²) in [5.74, 6) is -1.50. The van der Waals surface area contributed by atoms with Crippen LogP contribution in [0.25, 0.3) is 0 Å². The van der Waals surface area contributed by atoms with Gasteiger partial charge in [0.25, 0.3) is 5.91 Å². The number of β-lactam (4-membered cyclic amide) rings is 1. The first-order valence-electron chi connectivity index (χ1n) is 11.2. The predicted octanol–water partition coefficient (Wildman–Crippen LogP) is 1.54. The minimum absolute atomic E-state index is 0.0616. The fraction of sp³-hybridized carbons (Fsp3) is 0.429. The number of unbranched alkanes of at least 4 members (excludes halogenated alkanes) is 1. The number of hydrogen-bond donors (Lipinski definition) is 5. The van der Waals surface area contributed by atoms with Gasteiger partial charge in [0.15, 0.2) is 0 Å². The van der Waals surface area contributed by atoms with Gasteiger partial charge in [0.1, 0.15) is 28.2 Å². The average molecular weight is 552 g/mol. The summed E-state index contributed by atoms with van der Waals surface area (Å²) in [6.45, 7) is 2.49. The van der Waals surface area contributed by atoms with Crippen molar-refractivity contribution in [1.82, 2.24) is 36.3 Å². The Kier molecular flexibility index (Phi) is 8.53. The van der Waals surface area contributed by atoms with E-state index in [0.29, 0.717) is 33.5 Å². The maximum atomic E-state index is 13.2. The van der Waals surface area contributed by atoms with Crippen molar-refractivity contribution in [2.45, 2.75) is 42.2 Å². The number of nitrogens with one attached hydrogen (secondary N) is 4. The van der Waals surface area contributed by atoms with E-state index in [9.17, 15) is 24.3 Å². The lowest BCUT2D eigenvalue weighted by molar-refractivity contribution is -0.150. The molecular formula is C21H25N7O5S3. The fourth-order valence-corrected chi connectivity index (χ4v) is 6.78. The Morgan fingerprint density at radius 1 is 1.39 bits per heavy atom. The van der Waals surface area contributed by atoms with Crippen LogP contribution in [0.5, 0.6) is 0 Å². The van der Waals surface area contributed by atoms with Gasteiger partial charge in [-0.15, -0.1) is 28.2 Å². The van der Waals surface area contributed by atoms with Crippen LogP contribution in [0.3, 0.4) is 0 Å². The molecule has 4 amide bonds. The Morgan fingerprint density at radius 2 is 2.22 bits per heavy atom. The molecule has 1 saturated heterocycles. The molecule has 0 spiro atoms. The van der Waals surface area contributed by atoms with E-state index in [2.05, 4.69) is 31.4 Å². The second-order valence-electron chi connectivity index (χ2n) is 7.95. The fourth-order valence-electron chi connectivity index (χ4n) is 3.73. The van der Waals surface area contributed by atoms with E-state index in [1.807, 2.05) is 6.92 Å². The number of carbonyl (C=O) groups is 4. The molecule has 4 rings (SSSR count). The van der Waals surface area contributed by atoms with Crippen LogP contribution >= 0.6 is 34.9 Å². The summed E-state index contributed by atoms with van der Waals surface area (Å²) in [7, 11) is 0. The molecule has 2 aromatic rings. The molecule has 0 radical (unpaired) electrons. The molecule has 12 nitrogen and oxygen atoms in total. The van der Waals surface area contributed by atoms with Crippen LogP contribution in [0.15, 0.2) is 40.0 Å². The van der Waals surface area contributed by atoms with Crippen LogP contribution < -0.4 is 16.0 Å². The third-order valence-electron chi connectivity index (χ3n) is 5.52. The number of aliphatic carboxylic acids is 1. The Labute approximate surface area is 219 Å². The Balaban J connectivity index is 1.43. The van der Waals surface area contributed by atoms with Crippen molar-refractivity contribution in [3.63, 3.8) is 0 Å². The van der Waals surface area contributed by atoms with Gasteiger partial charge in [0, 0.05) is 22.9 Å². The average Bonchev–Trinajstić information content (AvgIpc) is 3.58. The quantitative estimate of drug-likeness (QED) is 0.158. The maximum absolute atomic E-state index is 13.2. The van der Waals surface area contributed by atoms with Crippen molar-refractivity contribution in [2.24, 2.45) is 0 Å². The number of carbonyl (C=O) groups excluding carboxylic acids is 3. The Morgan fingerprint density at radius 3 is 2.89 bits per heavy atom. The second-order valence-corrected chi connectivity index (χ2v) is 11.0. The smallest absolute Gasteiger partial charge is 0.352 e. The highest BCUT2D eigenvalue weighted by molar-refractivity contribution is 8.01. The van der Waals surface area contributed by atoms with Gasteiger partial charge < -0.3 is 21.1 Å². The summed E-state index contributed by atoms with van der Waals surface area (Å²) in [6, 6.07) is 1.15. The van der Waals surface area contributed by atoms with E-state index >= 15 is 0 Å². The van der Waals surface area contributed by atoms with Gasteiger partial charge in [-0.25, -0.2) is 9.59 Å². The molecule has 15 heteroatoms. The monoisotopic (exact) mass is 551 g/mol. The first-order valence-corrected chi connectivity index (χ1v) is 14.1. The number of fused-ring (bicyclic) bond motifs is 1. The summed E-state index contributed by atoms with van der Waals surface area (Å²) in [5, 5.41) is 30.0. The summed E-state index contributed by atoms with van der Waals surface area (Å²) in [4.78, 5) is 52.4. The Hall–Kier alpha value is -3.04. The maximum Gasteiger partial charge on any atom is 0.352 e. The van der Waals surface area contributed by atoms with Gasteiger partial charge in [0.2, 0.25) is 5.91 Å². The lowest BCUT2D eigenvalue weighted by Gasteiger charge is -2.49. The number of carboxylic acid groups (broad SMARTS) is 1. The molecule has 0 saturated carbocycles. The molecule has 0 aromatic carbocycles. The van der Waals surface area contributed by atoms with Crippen molar-refractivity contribution in [1.29, 1.82) is 0 Å². The van der Waals surface area contributed by atoms with Gasteiger partial charge >= 0.3 is 12.0 Å². The zero-order valence-corrected chi connectivity index (χ0v) is 21.7. The lowest BCUT2D eigenvalue weighted by atomic mass is 10.0. The van der Waals surface area contributed by atoms with Gasteiger partial charge in [-0.2, -0.15) is 10.3 Å². The van der Waals surface area contributed by atoms with Crippen molar-refractivity contribution in [2.75, 3.05) is 18.1 Å². The summed E-state index contributed by atoms with van der Waals surface area (Å²) >= 11 is 4.01. The molecule has 2 aliphatic rings. The van der Waals surface area contributed by atoms with E-state index in [4.69, 9.17) is 0 Å². The summed E-state index contributed by atoms with van der Waals surface area (Å²) in [6.07, 6.45) is 3.27. The van der Waals surface area contributed by atoms with Crippen molar-refractivity contribution >= 4 is 58.7 Å². The predicted molar refractivity (Wildman–Crippen MR) is 135 cm³/mol. The first-order chi connectivity index (χ1) is 17.4. The van der Waals surface area contributed by atoms with Gasteiger partial charge in [-0.05, 0) is 23.4 Å². The van der Waals surface area contributed by atoms with Crippen LogP contribution in [-0.4, -0.2) is 78.7 Å². The number of rotatable bonds is 11. The lowest BCUT2D eigenvalue weighted by Crippen LogP contribution is -2.71. The number of nitrogens with zero attached hydrogens (tertiary/aromatic N) is 3. The number of aromatic nitrogens is 3. The SMILES string of the molecule is CCCCNC(=O)NC(C(=O)N[C@@H]1C(=O)N2C(C(=O)O)=C(CSc3cn[nH]n3)CSC12)c1cccs1. The first kappa shape index (κ1) is 26.0. The number of aromatic amines is 1. The molecule has 2 aliphatic heterocycles. The molecule has 2 unspecified atom stereocenters. The molecule has 1 fully saturated rings. The minimum Gasteiger partial charge on any atom is -0.477 e. The van der Waals surface area contributed by atoms with Crippen molar-refractivity contribution < 1.29 is 24.3 Å². The standard InChI is InChI=1S/C21H25N7O5S3/c1-2-3-6-22-21(33)25-14(12-5-4-7-34-12)17(29)24-15-18(30)28-16(20(31)32)11(10-36-19(15)28)9-35-13-8-23-27-26-13/h4-5,7-8,14-15,19H,2-3,6,9-10H2,1H3,(H,24,29)(H,31,32)(H2,22,25,33)(H,23,26,27)/t14?,15-,19?/m1/s1. The van der Waals surface area contributed by atoms with Gasteiger partial charge in [0.05, 0.1) is 6.20 Å². The summed E-state index contributed by atoms with van der Waals surface area (Å²) < 4.78 is 0. The van der Waals surface area contributed by atoms with E-state index in [1.165, 1.54) is 46.0 Å². The molecule has 5 N–H and O–H groups in total. The zero-order chi connectivity index (χ0) is 25.7. The number of H-pyrrole nitrogens is 1. The van der Waals surface area contributed by atoms with E-state index in [0.717, 1.165) is 12.8 Å². The third-order valence-corrected chi connectivity index (χ3v) is 8.78. The molecule has 2 aromatic heterocycles. The summed E-state index contributed by atoms with van der Waals surface area (Å²) in [5.41, 5.74) is 0.533. The molecule has 0 aliphatic carbocycles. The highest BCUT2D eigenvalue weighted by Gasteiger charge is 2.54. The number of amides is 4. The van der Waals surface area contributed by atoms with E-state index in [1.54, 1.807) is 17.5 Å². The molecule has 36 heavy (non-hydrogen) atoms. The molecule has 192 valence electrons. The molecular weight excluding hydrogens is 526 g/mol. The zero-order valence-electron chi connectivity index (χ0n) is 19.2. The minimum atomic E-state index is -1.20. The number of hydrogen-bond acceptors (Lipinski definition) is 9. The largest absolute Gasteiger partial charge is 0.477 e. The van der Waals surface area contributed by atoms with Gasteiger partial charge in [-0.1, -0.05) is 31.2 Å². The normalized spacial score (nSPS) is 19.8. The number of urea groups is 1. The van der Waals surface area contributed by atoms with Crippen molar-refractivity contribution in [3.05, 3.63) is 39.9 Å². The van der Waals surface area contributed by atoms with Crippen LogP contribution in [0.4, 0.5) is 4.79 Å². The van der Waals surface area contributed by atoms with Crippen LogP contribution in [0.2, 0.25) is 0 Å². The van der Waals surface area contributed by atoms with E-state index < -0.39 is 41.3 Å². The second kappa shape index (κ2) is 11.8. The third kappa shape index (κ3) is 5.68. The molecule has 0 bridgehead atoms. The van der Waals surface area contributed by atoms with Crippen LogP contribution in [-0.2, 0) is 14.4 Å². The highest BCUT2D eigenvalue weighted by atomic mass is 32.2. The van der Waals surface area contributed by atoms with Crippen LogP contribution in [0, 0.1) is 0 Å².